The van der Waals surface area contributed by atoms with Crippen molar-refractivity contribution in [1.82, 2.24) is 4.72 Å². The number of amides is 1. The predicted molar refractivity (Wildman–Crippen MR) is 184 cm³/mol. The number of hydrogen-bond donors (Lipinski definition) is 2. The van der Waals surface area contributed by atoms with Crippen LogP contribution < -0.4 is 23.4 Å². The molecular weight excluding hydrogens is 671 g/mol. The van der Waals surface area contributed by atoms with Gasteiger partial charge in [-0.25, -0.2) is 21.6 Å². The monoisotopic (exact) mass is 707 g/mol. The van der Waals surface area contributed by atoms with Gasteiger partial charge in [0.25, 0.3) is 26.0 Å². The van der Waals surface area contributed by atoms with Gasteiger partial charge in [-0.15, -0.1) is 0 Å². The maximum absolute atomic E-state index is 14.3. The molecule has 0 saturated heterocycles. The number of rotatable bonds is 12. The van der Waals surface area contributed by atoms with Gasteiger partial charge >= 0.3 is 5.97 Å². The zero-order valence-electron chi connectivity index (χ0n) is 27.6. The van der Waals surface area contributed by atoms with Gasteiger partial charge in [0.15, 0.2) is 0 Å². The average Bonchev–Trinajstić information content (AvgIpc) is 3.46. The molecule has 49 heavy (non-hydrogen) atoms. The van der Waals surface area contributed by atoms with E-state index < -0.39 is 44.5 Å². The van der Waals surface area contributed by atoms with Crippen LogP contribution in [0.5, 0.6) is 11.5 Å². The molecule has 0 aliphatic carbocycles. The first-order valence-corrected chi connectivity index (χ1v) is 18.2. The van der Waals surface area contributed by atoms with Crippen LogP contribution in [0.25, 0.3) is 0 Å². The van der Waals surface area contributed by atoms with Gasteiger partial charge in [0.2, 0.25) is 0 Å². The number of methoxy groups -OCH3 is 2. The van der Waals surface area contributed by atoms with Gasteiger partial charge in [0.05, 0.1) is 24.8 Å². The van der Waals surface area contributed by atoms with Crippen molar-refractivity contribution in [3.63, 3.8) is 0 Å². The summed E-state index contributed by atoms with van der Waals surface area (Å²) in [6.07, 6.45) is 0.232. The highest BCUT2D eigenvalue weighted by Gasteiger charge is 2.39. The van der Waals surface area contributed by atoms with Gasteiger partial charge in [0.1, 0.15) is 29.0 Å². The Morgan fingerprint density at radius 1 is 0.898 bits per heavy atom. The number of nitrogens with one attached hydrogen (secondary N) is 1. The lowest BCUT2D eigenvalue weighted by Crippen LogP contribution is -2.42. The summed E-state index contributed by atoms with van der Waals surface area (Å²) in [4.78, 5) is 27.7. The van der Waals surface area contributed by atoms with Crippen LogP contribution in [0.3, 0.4) is 0 Å². The molecular formula is C35H37N3O9S2. The van der Waals surface area contributed by atoms with Crippen molar-refractivity contribution in [2.45, 2.75) is 43.0 Å². The quantitative estimate of drug-likeness (QED) is 0.214. The number of carbonyl (C=O) groups excluding carboxylic acids is 1. The van der Waals surface area contributed by atoms with E-state index in [1.807, 2.05) is 6.92 Å². The van der Waals surface area contributed by atoms with E-state index in [9.17, 15) is 31.5 Å². The molecule has 1 unspecified atom stereocenters. The number of benzene rings is 4. The van der Waals surface area contributed by atoms with Crippen LogP contribution in [0.1, 0.15) is 33.9 Å². The minimum atomic E-state index is -4.41. The molecule has 4 aromatic rings. The number of carbonyl (C=O) groups is 2. The normalized spacial score (nSPS) is 13.4. The molecule has 1 aliphatic rings. The van der Waals surface area contributed by atoms with Gasteiger partial charge in [-0.05, 0) is 80.3 Å². The number of aryl methyl sites for hydroxylation is 3. The number of carboxylic acid groups (broad SMARTS) is 1. The molecule has 5 rings (SSSR count). The van der Waals surface area contributed by atoms with Crippen molar-refractivity contribution >= 4 is 43.3 Å². The number of ether oxygens (including phenoxy) is 2. The van der Waals surface area contributed by atoms with E-state index in [0.29, 0.717) is 33.7 Å². The number of carboxylic acids is 1. The maximum Gasteiger partial charge on any atom is 0.324 e. The highest BCUT2D eigenvalue weighted by molar-refractivity contribution is 7.93. The lowest BCUT2D eigenvalue weighted by atomic mass is 10.0. The smallest absolute Gasteiger partial charge is 0.324 e. The molecule has 0 radical (unpaired) electrons. The van der Waals surface area contributed by atoms with E-state index >= 15 is 0 Å². The summed E-state index contributed by atoms with van der Waals surface area (Å²) in [5, 5.41) is 9.89. The molecule has 2 N–H and O–H groups in total. The Bertz CT molecular complexity index is 2130. The summed E-state index contributed by atoms with van der Waals surface area (Å²) in [5.74, 6) is -1.75. The standard InChI is InChI=1S/C35H37N3O9S2/c1-22-18-23(2)34(24(3)19-22)49(44,45)38(21-32(39)40)29-13-9-12-28-27(29)16-17-37(28)33(25-10-8-11-26(20-25)46-4)35(41)36-48(42,43)31-15-7-6-14-30(31)47-5/h6-15,18-20,33H,16-17,21H2,1-5H3,(H,36,41)(H,39,40). The molecule has 4 aromatic carbocycles. The molecule has 1 heterocycles. The summed E-state index contributed by atoms with van der Waals surface area (Å²) in [5.41, 5.74) is 3.31. The Kier molecular flexibility index (Phi) is 9.92. The van der Waals surface area contributed by atoms with Crippen molar-refractivity contribution in [1.29, 1.82) is 0 Å². The first kappa shape index (κ1) is 35.2. The molecule has 12 nitrogen and oxygen atoms in total. The molecule has 14 heteroatoms. The van der Waals surface area contributed by atoms with Crippen LogP contribution >= 0.6 is 0 Å². The number of nitrogens with zero attached hydrogens (tertiary/aromatic N) is 2. The van der Waals surface area contributed by atoms with E-state index in [4.69, 9.17) is 9.47 Å². The third kappa shape index (κ3) is 6.92. The van der Waals surface area contributed by atoms with Crippen molar-refractivity contribution in [3.8, 4) is 11.5 Å². The Hall–Kier alpha value is -5.08. The Balaban J connectivity index is 1.63. The Labute approximate surface area is 286 Å². The average molecular weight is 708 g/mol. The minimum absolute atomic E-state index is 0.0157. The molecule has 0 aromatic heterocycles. The summed E-state index contributed by atoms with van der Waals surface area (Å²) >= 11 is 0. The molecule has 0 spiro atoms. The topological polar surface area (TPSA) is 160 Å². The van der Waals surface area contributed by atoms with Crippen molar-refractivity contribution in [3.05, 3.63) is 107 Å². The van der Waals surface area contributed by atoms with E-state index in [1.165, 1.54) is 38.5 Å². The third-order valence-electron chi connectivity index (χ3n) is 8.30. The van der Waals surface area contributed by atoms with Crippen molar-refractivity contribution in [2.24, 2.45) is 0 Å². The zero-order chi connectivity index (χ0) is 35.7. The summed E-state index contributed by atoms with van der Waals surface area (Å²) in [7, 11) is -6.00. The molecule has 1 amide bonds. The van der Waals surface area contributed by atoms with Gasteiger partial charge in [-0.3, -0.25) is 13.9 Å². The molecule has 0 saturated carbocycles. The summed E-state index contributed by atoms with van der Waals surface area (Å²) in [6, 6.07) is 19.6. The van der Waals surface area contributed by atoms with Crippen LogP contribution in [0.15, 0.2) is 88.7 Å². The van der Waals surface area contributed by atoms with E-state index in [-0.39, 0.29) is 34.2 Å². The van der Waals surface area contributed by atoms with Gasteiger partial charge in [-0.2, -0.15) is 0 Å². The largest absolute Gasteiger partial charge is 0.497 e. The van der Waals surface area contributed by atoms with Gasteiger partial charge in [-0.1, -0.05) is 48.0 Å². The number of anilines is 2. The maximum atomic E-state index is 14.3. The number of para-hydroxylation sites is 1. The van der Waals surface area contributed by atoms with E-state index in [1.54, 1.807) is 73.3 Å². The lowest BCUT2D eigenvalue weighted by molar-refractivity contribution is -0.135. The van der Waals surface area contributed by atoms with Crippen molar-refractivity contribution < 1.29 is 41.0 Å². The molecule has 1 aliphatic heterocycles. The van der Waals surface area contributed by atoms with Gasteiger partial charge in [0, 0.05) is 17.8 Å². The fraction of sp³-hybridized carbons (Fsp3) is 0.257. The molecule has 1 atom stereocenters. The zero-order valence-corrected chi connectivity index (χ0v) is 29.3. The first-order valence-electron chi connectivity index (χ1n) is 15.2. The molecule has 0 bridgehead atoms. The first-order chi connectivity index (χ1) is 23.2. The highest BCUT2D eigenvalue weighted by Crippen LogP contribution is 2.42. The Morgan fingerprint density at radius 2 is 1.57 bits per heavy atom. The second-order valence-corrected chi connectivity index (χ2v) is 15.1. The number of sulfonamides is 2. The van der Waals surface area contributed by atoms with E-state index in [2.05, 4.69) is 4.72 Å². The van der Waals surface area contributed by atoms with E-state index in [0.717, 1.165) is 9.87 Å². The van der Waals surface area contributed by atoms with Crippen LogP contribution in [-0.2, 0) is 36.1 Å². The lowest BCUT2D eigenvalue weighted by Gasteiger charge is -2.31. The second kappa shape index (κ2) is 13.8. The SMILES string of the molecule is COc1cccc(C(C(=O)NS(=O)(=O)c2ccccc2OC)N2CCc3c2cccc3N(CC(=O)O)S(=O)(=O)c2c(C)cc(C)cc2C)c1. The summed E-state index contributed by atoms with van der Waals surface area (Å²) in [6.45, 7) is 4.52. The highest BCUT2D eigenvalue weighted by atomic mass is 32.2. The fourth-order valence-corrected chi connectivity index (χ4v) is 9.44. The van der Waals surface area contributed by atoms with Gasteiger partial charge < -0.3 is 19.5 Å². The fourth-order valence-electron chi connectivity index (χ4n) is 6.42. The van der Waals surface area contributed by atoms with Crippen LogP contribution in [0.2, 0.25) is 0 Å². The molecule has 0 fully saturated rings. The van der Waals surface area contributed by atoms with Crippen LogP contribution in [-0.4, -0.2) is 61.1 Å². The predicted octanol–water partition coefficient (Wildman–Crippen LogP) is 4.52. The Morgan fingerprint density at radius 3 is 2.22 bits per heavy atom. The molecule has 258 valence electrons. The minimum Gasteiger partial charge on any atom is -0.497 e. The van der Waals surface area contributed by atoms with Crippen LogP contribution in [0.4, 0.5) is 11.4 Å². The van der Waals surface area contributed by atoms with Crippen LogP contribution in [0, 0.1) is 20.8 Å². The summed E-state index contributed by atoms with van der Waals surface area (Å²) < 4.78 is 69.3. The second-order valence-electron chi connectivity index (χ2n) is 11.7. The number of aliphatic carboxylic acids is 1. The number of fused-ring (bicyclic) bond motifs is 1. The number of hydrogen-bond acceptors (Lipinski definition) is 9. The van der Waals surface area contributed by atoms with Crippen molar-refractivity contribution in [2.75, 3.05) is 36.5 Å². The third-order valence-corrected chi connectivity index (χ3v) is 11.8.